The first-order chi connectivity index (χ1) is 11.2. The minimum Gasteiger partial charge on any atom is -0.244 e. The summed E-state index contributed by atoms with van der Waals surface area (Å²) in [6, 6.07) is 4.22. The molecular formula is C17H26N4OS2. The van der Waals surface area contributed by atoms with Crippen molar-refractivity contribution in [1.29, 1.82) is 0 Å². The number of aromatic nitrogens is 4. The van der Waals surface area contributed by atoms with Gasteiger partial charge in [-0.05, 0) is 52.0 Å². The quantitative estimate of drug-likeness (QED) is 0.771. The maximum atomic E-state index is 12.2. The normalized spacial score (nSPS) is 20.6. The number of hydrogen-bond acceptors (Lipinski definition) is 4. The number of benzene rings is 1. The van der Waals surface area contributed by atoms with Crippen LogP contribution in [-0.4, -0.2) is 30.3 Å². The van der Waals surface area contributed by atoms with Gasteiger partial charge in [0.05, 0.1) is 5.69 Å². The molecule has 0 N–H and O–H groups in total. The molecule has 0 saturated carbocycles. The molecule has 1 unspecified atom stereocenters. The third kappa shape index (κ3) is 2.28. The fraction of sp³-hybridized carbons (Fsp3) is 0.588. The zero-order valence-electron chi connectivity index (χ0n) is 15.4. The second-order valence-corrected chi connectivity index (χ2v) is 13.7. The van der Waals surface area contributed by atoms with Crippen LogP contribution >= 0.6 is 19.9 Å². The van der Waals surface area contributed by atoms with E-state index in [9.17, 15) is 4.79 Å². The maximum absolute atomic E-state index is 12.2. The number of rotatable bonds is 3. The van der Waals surface area contributed by atoms with E-state index in [1.165, 1.54) is 19.8 Å². The van der Waals surface area contributed by atoms with Gasteiger partial charge in [0.2, 0.25) is 0 Å². The highest BCUT2D eigenvalue weighted by Crippen LogP contribution is 2.82. The predicted molar refractivity (Wildman–Crippen MR) is 103 cm³/mol. The first-order valence-corrected chi connectivity index (χ1v) is 11.5. The van der Waals surface area contributed by atoms with E-state index >= 15 is 0 Å². The summed E-state index contributed by atoms with van der Waals surface area (Å²) >= 11 is 0. The zero-order chi connectivity index (χ0) is 17.8. The predicted octanol–water partition coefficient (Wildman–Crippen LogP) is 3.98. The summed E-state index contributed by atoms with van der Waals surface area (Å²) in [6.07, 6.45) is 0. The SMILES string of the molecule is Cc1c(-n2nnn(C)c2=O)ccc2c1SS(C(C)C)(C(C)C)C2C. The van der Waals surface area contributed by atoms with Gasteiger partial charge in [0.15, 0.2) is 0 Å². The third-order valence-electron chi connectivity index (χ3n) is 5.05. The Morgan fingerprint density at radius 3 is 2.29 bits per heavy atom. The van der Waals surface area contributed by atoms with Crippen molar-refractivity contribution in [3.8, 4) is 5.69 Å². The number of tetrazole rings is 1. The second-order valence-electron chi connectivity index (χ2n) is 6.94. The van der Waals surface area contributed by atoms with Crippen molar-refractivity contribution in [3.63, 3.8) is 0 Å². The van der Waals surface area contributed by atoms with Gasteiger partial charge in [-0.2, -0.15) is 18.4 Å². The van der Waals surface area contributed by atoms with Crippen LogP contribution in [0.15, 0.2) is 21.8 Å². The molecule has 1 aliphatic heterocycles. The van der Waals surface area contributed by atoms with Crippen LogP contribution in [0.3, 0.4) is 0 Å². The molecule has 0 bridgehead atoms. The van der Waals surface area contributed by atoms with Gasteiger partial charge < -0.3 is 0 Å². The van der Waals surface area contributed by atoms with Crippen LogP contribution in [0.4, 0.5) is 0 Å². The molecule has 24 heavy (non-hydrogen) atoms. The van der Waals surface area contributed by atoms with Gasteiger partial charge in [-0.3, -0.25) is 0 Å². The number of nitrogens with zero attached hydrogens (tertiary/aromatic N) is 4. The van der Waals surface area contributed by atoms with Crippen molar-refractivity contribution in [2.45, 2.75) is 62.2 Å². The zero-order valence-corrected chi connectivity index (χ0v) is 17.0. The Morgan fingerprint density at radius 2 is 1.79 bits per heavy atom. The van der Waals surface area contributed by atoms with Crippen molar-refractivity contribution >= 4 is 19.9 Å². The van der Waals surface area contributed by atoms with Crippen molar-refractivity contribution in [2.24, 2.45) is 7.05 Å². The molecule has 0 fully saturated rings. The fourth-order valence-corrected chi connectivity index (χ4v) is 12.0. The van der Waals surface area contributed by atoms with Gasteiger partial charge in [-0.1, -0.05) is 44.6 Å². The second kappa shape index (κ2) is 5.95. The summed E-state index contributed by atoms with van der Waals surface area (Å²) in [4.78, 5) is 13.6. The van der Waals surface area contributed by atoms with Crippen molar-refractivity contribution in [2.75, 3.05) is 0 Å². The number of aryl methyl sites for hydroxylation is 1. The molecule has 132 valence electrons. The summed E-state index contributed by atoms with van der Waals surface area (Å²) in [5, 5.41) is 9.70. The Morgan fingerprint density at radius 1 is 1.17 bits per heavy atom. The molecule has 0 aliphatic carbocycles. The molecule has 5 nitrogen and oxygen atoms in total. The highest BCUT2D eigenvalue weighted by molar-refractivity contribution is 8.95. The largest absolute Gasteiger partial charge is 0.368 e. The minimum atomic E-state index is -0.871. The van der Waals surface area contributed by atoms with Gasteiger partial charge in [0.25, 0.3) is 0 Å². The lowest BCUT2D eigenvalue weighted by molar-refractivity contribution is 0.692. The van der Waals surface area contributed by atoms with Crippen LogP contribution in [-0.2, 0) is 7.05 Å². The Bertz CT molecular complexity index is 830. The lowest BCUT2D eigenvalue weighted by Crippen LogP contribution is -2.22. The van der Waals surface area contributed by atoms with Gasteiger partial charge in [0.1, 0.15) is 0 Å². The summed E-state index contributed by atoms with van der Waals surface area (Å²) in [5.41, 5.74) is 3.20. The molecule has 7 heteroatoms. The van der Waals surface area contributed by atoms with E-state index in [2.05, 4.69) is 68.8 Å². The monoisotopic (exact) mass is 366 g/mol. The molecule has 0 amide bonds. The molecule has 3 rings (SSSR count). The Hall–Kier alpha value is -1.21. The maximum Gasteiger partial charge on any atom is 0.368 e. The van der Waals surface area contributed by atoms with Crippen molar-refractivity contribution < 1.29 is 0 Å². The van der Waals surface area contributed by atoms with Gasteiger partial charge in [0, 0.05) is 17.2 Å². The molecule has 1 atom stereocenters. The lowest BCUT2D eigenvalue weighted by atomic mass is 10.1. The van der Waals surface area contributed by atoms with Gasteiger partial charge in [-0.15, -0.1) is 0 Å². The fourth-order valence-electron chi connectivity index (χ4n) is 3.80. The molecule has 0 radical (unpaired) electrons. The minimum absolute atomic E-state index is 0.208. The highest BCUT2D eigenvalue weighted by atomic mass is 33.2. The Kier molecular flexibility index (Phi) is 4.36. The van der Waals surface area contributed by atoms with Crippen LogP contribution in [0.25, 0.3) is 5.69 Å². The molecule has 2 aromatic rings. The van der Waals surface area contributed by atoms with E-state index in [0.29, 0.717) is 15.7 Å². The van der Waals surface area contributed by atoms with Crippen molar-refractivity contribution in [1.82, 2.24) is 19.8 Å². The molecule has 1 aromatic heterocycles. The molecule has 1 aliphatic rings. The summed E-state index contributed by atoms with van der Waals surface area (Å²) in [6.45, 7) is 13.9. The first kappa shape index (κ1) is 17.6. The summed E-state index contributed by atoms with van der Waals surface area (Å²) in [7, 11) is 2.82. The van der Waals surface area contributed by atoms with E-state index in [-0.39, 0.29) is 5.69 Å². The van der Waals surface area contributed by atoms with Crippen LogP contribution in [0.5, 0.6) is 0 Å². The Balaban J connectivity index is 2.17. The summed E-state index contributed by atoms with van der Waals surface area (Å²) in [5.74, 6) is 0. The smallest absolute Gasteiger partial charge is 0.244 e. The average Bonchev–Trinajstić information content (AvgIpc) is 3.00. The van der Waals surface area contributed by atoms with Crippen LogP contribution in [0.1, 0.15) is 51.0 Å². The molecule has 0 saturated heterocycles. The van der Waals surface area contributed by atoms with E-state index in [4.69, 9.17) is 0 Å². The highest BCUT2D eigenvalue weighted by Gasteiger charge is 2.45. The first-order valence-electron chi connectivity index (χ1n) is 8.34. The third-order valence-corrected chi connectivity index (χ3v) is 14.9. The van der Waals surface area contributed by atoms with E-state index in [0.717, 1.165) is 11.3 Å². The number of fused-ring (bicyclic) bond motifs is 1. The van der Waals surface area contributed by atoms with E-state index in [1.54, 1.807) is 7.05 Å². The topological polar surface area (TPSA) is 52.7 Å². The van der Waals surface area contributed by atoms with Crippen LogP contribution in [0, 0.1) is 6.92 Å². The standard InChI is InChI=1S/C17H26N4OS2/c1-10(2)24(11(3)4)13(6)14-8-9-15(12(5)16(14)23-24)21-17(22)20(7)18-19-21/h8-11,13H,1-7H3. The van der Waals surface area contributed by atoms with Crippen LogP contribution < -0.4 is 5.69 Å². The Labute approximate surface area is 148 Å². The average molecular weight is 367 g/mol. The molecule has 0 spiro atoms. The van der Waals surface area contributed by atoms with Gasteiger partial charge in [-0.25, -0.2) is 4.79 Å². The van der Waals surface area contributed by atoms with E-state index in [1.807, 2.05) is 6.07 Å². The van der Waals surface area contributed by atoms with Crippen molar-refractivity contribution in [3.05, 3.63) is 33.7 Å². The molecule has 1 aromatic carbocycles. The molecular weight excluding hydrogens is 340 g/mol. The van der Waals surface area contributed by atoms with Crippen LogP contribution in [0.2, 0.25) is 0 Å². The number of hydrogen-bond donors (Lipinski definition) is 0. The van der Waals surface area contributed by atoms with E-state index < -0.39 is 9.06 Å². The summed E-state index contributed by atoms with van der Waals surface area (Å²) < 4.78 is 2.67. The van der Waals surface area contributed by atoms with Gasteiger partial charge >= 0.3 is 5.69 Å². The molecule has 2 heterocycles. The lowest BCUT2D eigenvalue weighted by Gasteiger charge is -2.47.